The van der Waals surface area contributed by atoms with E-state index in [9.17, 15) is 5.26 Å². The van der Waals surface area contributed by atoms with E-state index in [-0.39, 0.29) is 5.54 Å². The van der Waals surface area contributed by atoms with Gasteiger partial charge in [0.1, 0.15) is 5.54 Å². The second-order valence-corrected chi connectivity index (χ2v) is 5.25. The van der Waals surface area contributed by atoms with E-state index < -0.39 is 0 Å². The van der Waals surface area contributed by atoms with Crippen molar-refractivity contribution in [3.05, 3.63) is 0 Å². The quantitative estimate of drug-likeness (QED) is 0.513. The molecule has 0 aliphatic heterocycles. The van der Waals surface area contributed by atoms with Crippen molar-refractivity contribution in [2.45, 2.75) is 77.7 Å². The SMILES string of the molecule is CCCCCCOCCCC(C#N)(CC)NCCC. The van der Waals surface area contributed by atoms with Crippen molar-refractivity contribution < 1.29 is 4.74 Å². The molecule has 0 aromatic rings. The average Bonchev–Trinajstić information content (AvgIpc) is 2.45. The second kappa shape index (κ2) is 12.4. The van der Waals surface area contributed by atoms with Crippen LogP contribution >= 0.6 is 0 Å². The zero-order valence-corrected chi connectivity index (χ0v) is 13.1. The Kier molecular flexibility index (Phi) is 12.1. The van der Waals surface area contributed by atoms with Crippen molar-refractivity contribution in [3.63, 3.8) is 0 Å². The molecule has 0 bridgehead atoms. The van der Waals surface area contributed by atoms with Crippen LogP contribution in [0.25, 0.3) is 0 Å². The Morgan fingerprint density at radius 3 is 2.32 bits per heavy atom. The van der Waals surface area contributed by atoms with Gasteiger partial charge in [-0.15, -0.1) is 0 Å². The van der Waals surface area contributed by atoms with Gasteiger partial charge in [-0.2, -0.15) is 5.26 Å². The van der Waals surface area contributed by atoms with Gasteiger partial charge < -0.3 is 4.74 Å². The number of rotatable bonds is 13. The van der Waals surface area contributed by atoms with E-state index >= 15 is 0 Å². The minimum Gasteiger partial charge on any atom is -0.381 e. The Bertz CT molecular complexity index is 237. The highest BCUT2D eigenvalue weighted by atomic mass is 16.5. The van der Waals surface area contributed by atoms with Crippen LogP contribution in [0, 0.1) is 11.3 Å². The lowest BCUT2D eigenvalue weighted by molar-refractivity contribution is 0.121. The molecule has 0 fully saturated rings. The third-order valence-corrected chi connectivity index (χ3v) is 3.57. The standard InChI is InChI=1S/C16H32N2O/c1-4-7-8-9-13-19-14-10-11-16(6-3,15-17)18-12-5-2/h18H,4-14H2,1-3H3. The monoisotopic (exact) mass is 268 g/mol. The summed E-state index contributed by atoms with van der Waals surface area (Å²) in [6.07, 6.45) is 8.78. The zero-order valence-electron chi connectivity index (χ0n) is 13.1. The first-order chi connectivity index (χ1) is 9.24. The number of hydrogen-bond acceptors (Lipinski definition) is 3. The Morgan fingerprint density at radius 1 is 1.00 bits per heavy atom. The number of ether oxygens (including phenoxy) is 1. The Labute approximate surface area is 119 Å². The smallest absolute Gasteiger partial charge is 0.106 e. The minimum atomic E-state index is -0.346. The molecule has 0 amide bonds. The van der Waals surface area contributed by atoms with Crippen LogP contribution in [0.15, 0.2) is 0 Å². The van der Waals surface area contributed by atoms with Gasteiger partial charge in [-0.25, -0.2) is 0 Å². The second-order valence-electron chi connectivity index (χ2n) is 5.25. The molecule has 1 N–H and O–H groups in total. The minimum absolute atomic E-state index is 0.346. The molecule has 0 aliphatic carbocycles. The molecule has 0 spiro atoms. The van der Waals surface area contributed by atoms with Crippen LogP contribution in [0.5, 0.6) is 0 Å². The summed E-state index contributed by atoms with van der Waals surface area (Å²) in [6.45, 7) is 8.99. The van der Waals surface area contributed by atoms with Gasteiger partial charge in [0.2, 0.25) is 0 Å². The summed E-state index contributed by atoms with van der Waals surface area (Å²) < 4.78 is 5.63. The van der Waals surface area contributed by atoms with Gasteiger partial charge in [0.15, 0.2) is 0 Å². The molecule has 0 rings (SSSR count). The summed E-state index contributed by atoms with van der Waals surface area (Å²) in [6, 6.07) is 2.45. The van der Waals surface area contributed by atoms with Crippen molar-refractivity contribution in [3.8, 4) is 6.07 Å². The molecule has 0 aliphatic rings. The first-order valence-corrected chi connectivity index (χ1v) is 7.98. The Balaban J connectivity index is 3.67. The molecule has 0 saturated carbocycles. The predicted octanol–water partition coefficient (Wildman–Crippen LogP) is 4.04. The maximum Gasteiger partial charge on any atom is 0.106 e. The lowest BCUT2D eigenvalue weighted by Gasteiger charge is -2.26. The molecular weight excluding hydrogens is 236 g/mol. The van der Waals surface area contributed by atoms with Crippen molar-refractivity contribution in [1.82, 2.24) is 5.32 Å². The van der Waals surface area contributed by atoms with E-state index in [1.54, 1.807) is 0 Å². The van der Waals surface area contributed by atoms with Crippen LogP contribution in [0.3, 0.4) is 0 Å². The summed E-state index contributed by atoms with van der Waals surface area (Å²) in [5.41, 5.74) is -0.346. The van der Waals surface area contributed by atoms with Crippen LogP contribution in [0.4, 0.5) is 0 Å². The first-order valence-electron chi connectivity index (χ1n) is 7.98. The van der Waals surface area contributed by atoms with Crippen molar-refractivity contribution in [1.29, 1.82) is 5.26 Å². The van der Waals surface area contributed by atoms with Gasteiger partial charge in [0, 0.05) is 13.2 Å². The summed E-state index contributed by atoms with van der Waals surface area (Å²) in [7, 11) is 0. The van der Waals surface area contributed by atoms with E-state index in [1.165, 1.54) is 25.7 Å². The van der Waals surface area contributed by atoms with Crippen LogP contribution in [0.1, 0.15) is 72.1 Å². The van der Waals surface area contributed by atoms with Crippen LogP contribution < -0.4 is 5.32 Å². The maximum atomic E-state index is 9.35. The zero-order chi connectivity index (χ0) is 14.4. The largest absolute Gasteiger partial charge is 0.381 e. The molecule has 1 unspecified atom stereocenters. The normalized spacial score (nSPS) is 14.0. The molecule has 112 valence electrons. The third-order valence-electron chi connectivity index (χ3n) is 3.57. The fourth-order valence-electron chi connectivity index (χ4n) is 2.14. The molecule has 0 saturated heterocycles. The highest BCUT2D eigenvalue weighted by Gasteiger charge is 2.25. The fraction of sp³-hybridized carbons (Fsp3) is 0.938. The Morgan fingerprint density at radius 2 is 1.74 bits per heavy atom. The van der Waals surface area contributed by atoms with Crippen LogP contribution in [0.2, 0.25) is 0 Å². The van der Waals surface area contributed by atoms with Crippen molar-refractivity contribution >= 4 is 0 Å². The number of hydrogen-bond donors (Lipinski definition) is 1. The summed E-state index contributed by atoms with van der Waals surface area (Å²) in [5.74, 6) is 0. The summed E-state index contributed by atoms with van der Waals surface area (Å²) in [4.78, 5) is 0. The van der Waals surface area contributed by atoms with Crippen molar-refractivity contribution in [2.24, 2.45) is 0 Å². The van der Waals surface area contributed by atoms with E-state index in [0.29, 0.717) is 0 Å². The molecule has 0 radical (unpaired) electrons. The van der Waals surface area contributed by atoms with Crippen LogP contribution in [-0.4, -0.2) is 25.3 Å². The van der Waals surface area contributed by atoms with E-state index in [1.807, 2.05) is 0 Å². The molecular formula is C16H32N2O. The van der Waals surface area contributed by atoms with E-state index in [4.69, 9.17) is 4.74 Å². The van der Waals surface area contributed by atoms with Gasteiger partial charge in [0.05, 0.1) is 6.07 Å². The summed E-state index contributed by atoms with van der Waals surface area (Å²) >= 11 is 0. The number of nitriles is 1. The topological polar surface area (TPSA) is 45.0 Å². The molecule has 3 nitrogen and oxygen atoms in total. The van der Waals surface area contributed by atoms with Crippen LogP contribution in [-0.2, 0) is 4.74 Å². The van der Waals surface area contributed by atoms with E-state index in [0.717, 1.165) is 45.4 Å². The molecule has 0 heterocycles. The molecule has 1 atom stereocenters. The van der Waals surface area contributed by atoms with Crippen molar-refractivity contribution in [2.75, 3.05) is 19.8 Å². The number of nitrogens with one attached hydrogen (secondary N) is 1. The van der Waals surface area contributed by atoms with E-state index in [2.05, 4.69) is 32.2 Å². The van der Waals surface area contributed by atoms with Gasteiger partial charge in [-0.1, -0.05) is 40.0 Å². The molecule has 3 heteroatoms. The average molecular weight is 268 g/mol. The van der Waals surface area contributed by atoms with Gasteiger partial charge in [-0.3, -0.25) is 5.32 Å². The number of nitrogens with zero attached hydrogens (tertiary/aromatic N) is 1. The fourth-order valence-corrected chi connectivity index (χ4v) is 2.14. The predicted molar refractivity (Wildman–Crippen MR) is 81.1 cm³/mol. The molecule has 19 heavy (non-hydrogen) atoms. The summed E-state index contributed by atoms with van der Waals surface area (Å²) in [5, 5.41) is 12.7. The van der Waals surface area contributed by atoms with Gasteiger partial charge >= 0.3 is 0 Å². The van der Waals surface area contributed by atoms with Gasteiger partial charge in [-0.05, 0) is 38.6 Å². The first kappa shape index (κ1) is 18.4. The number of unbranched alkanes of at least 4 members (excludes halogenated alkanes) is 3. The highest BCUT2D eigenvalue weighted by Crippen LogP contribution is 2.16. The molecule has 0 aromatic heterocycles. The maximum absolute atomic E-state index is 9.35. The highest BCUT2D eigenvalue weighted by molar-refractivity contribution is 5.05. The third kappa shape index (κ3) is 9.02. The molecule has 0 aromatic carbocycles. The van der Waals surface area contributed by atoms with Gasteiger partial charge in [0.25, 0.3) is 0 Å². The lowest BCUT2D eigenvalue weighted by Crippen LogP contribution is -2.44. The lowest BCUT2D eigenvalue weighted by atomic mass is 9.92. The Hall–Kier alpha value is -0.590.